The maximum absolute atomic E-state index is 11.6. The van der Waals surface area contributed by atoms with E-state index < -0.39 is 11.7 Å². The fraction of sp³-hybridized carbons (Fsp3) is 0.273. The van der Waals surface area contributed by atoms with Crippen molar-refractivity contribution in [3.63, 3.8) is 0 Å². The van der Waals surface area contributed by atoms with E-state index in [9.17, 15) is 15.2 Å². The van der Waals surface area contributed by atoms with Crippen molar-refractivity contribution in [1.82, 2.24) is 0 Å². The van der Waals surface area contributed by atoms with Crippen molar-refractivity contribution in [3.8, 4) is 17.2 Å². The lowest BCUT2D eigenvalue weighted by Gasteiger charge is -2.19. The van der Waals surface area contributed by atoms with Crippen LogP contribution in [0.15, 0.2) is 54.3 Å². The van der Waals surface area contributed by atoms with E-state index >= 15 is 0 Å². The van der Waals surface area contributed by atoms with Gasteiger partial charge in [0, 0.05) is 0 Å². The van der Waals surface area contributed by atoms with E-state index in [1.54, 1.807) is 19.1 Å². The zero-order valence-corrected chi connectivity index (χ0v) is 15.5. The molecule has 0 radical (unpaired) electrons. The van der Waals surface area contributed by atoms with Gasteiger partial charge in [-0.3, -0.25) is 0 Å². The number of hydrogen-bond donors (Lipinski definition) is 1. The Balaban J connectivity index is 2.32. The van der Waals surface area contributed by atoms with E-state index in [1.165, 1.54) is 5.56 Å². The predicted octanol–water partition coefficient (Wildman–Crippen LogP) is 5.01. The summed E-state index contributed by atoms with van der Waals surface area (Å²) in [7, 11) is 0. The topological polar surface area (TPSA) is 70.3 Å². The summed E-state index contributed by atoms with van der Waals surface area (Å²) in [5, 5.41) is 19.2. The molecule has 1 N–H and O–H groups in total. The average Bonchev–Trinajstić information content (AvgIpc) is 2.62. The van der Waals surface area contributed by atoms with Crippen LogP contribution in [0, 0.1) is 11.3 Å². The molecule has 0 atom stereocenters. The van der Waals surface area contributed by atoms with Gasteiger partial charge in [-0.2, -0.15) is 5.26 Å². The molecule has 0 aliphatic heterocycles. The maximum atomic E-state index is 11.6. The largest absolute Gasteiger partial charge is 0.501 e. The van der Waals surface area contributed by atoms with Gasteiger partial charge in [0.05, 0.1) is 6.61 Å². The van der Waals surface area contributed by atoms with E-state index in [0.29, 0.717) is 5.56 Å². The summed E-state index contributed by atoms with van der Waals surface area (Å²) < 4.78 is 4.74. The molecule has 0 fully saturated rings. The fourth-order valence-electron chi connectivity index (χ4n) is 2.55. The number of carbonyl (C=O) groups is 1. The van der Waals surface area contributed by atoms with Gasteiger partial charge in [-0.15, -0.1) is 0 Å². The molecule has 26 heavy (non-hydrogen) atoms. The molecule has 0 saturated heterocycles. The van der Waals surface area contributed by atoms with Gasteiger partial charge in [-0.1, -0.05) is 69.3 Å². The van der Waals surface area contributed by atoms with Crippen LogP contribution in [0.4, 0.5) is 0 Å². The van der Waals surface area contributed by atoms with Crippen LogP contribution < -0.4 is 0 Å². The number of hydrogen-bond acceptors (Lipinski definition) is 4. The number of aliphatic hydroxyl groups is 1. The van der Waals surface area contributed by atoms with E-state index in [0.717, 1.165) is 11.1 Å². The van der Waals surface area contributed by atoms with Gasteiger partial charge in [-0.05, 0) is 34.6 Å². The Morgan fingerprint density at radius 3 is 1.96 bits per heavy atom. The molecule has 2 aromatic rings. The third-order valence-corrected chi connectivity index (χ3v) is 4.08. The third-order valence-electron chi connectivity index (χ3n) is 4.08. The van der Waals surface area contributed by atoms with Gasteiger partial charge in [0.25, 0.3) is 0 Å². The molecule has 4 heteroatoms. The highest BCUT2D eigenvalue weighted by Crippen LogP contribution is 2.27. The highest BCUT2D eigenvalue weighted by molar-refractivity contribution is 5.98. The molecule has 0 aliphatic carbocycles. The average molecular weight is 349 g/mol. The van der Waals surface area contributed by atoms with Crippen LogP contribution >= 0.6 is 0 Å². The van der Waals surface area contributed by atoms with E-state index in [4.69, 9.17) is 4.74 Å². The Morgan fingerprint density at radius 1 is 1.04 bits per heavy atom. The number of esters is 1. The van der Waals surface area contributed by atoms with E-state index in [2.05, 4.69) is 45.0 Å². The quantitative estimate of drug-likeness (QED) is 0.365. The molecule has 0 aromatic heterocycles. The molecule has 0 amide bonds. The highest BCUT2D eigenvalue weighted by Gasteiger charge is 2.17. The Kier molecular flexibility index (Phi) is 5.84. The number of nitriles is 1. The number of ether oxygens (including phenoxy) is 1. The van der Waals surface area contributed by atoms with Gasteiger partial charge < -0.3 is 9.84 Å². The van der Waals surface area contributed by atoms with Gasteiger partial charge >= 0.3 is 5.97 Å². The molecule has 0 saturated carbocycles. The summed E-state index contributed by atoms with van der Waals surface area (Å²) in [4.78, 5) is 11.6. The van der Waals surface area contributed by atoms with E-state index in [1.807, 2.05) is 18.2 Å². The van der Waals surface area contributed by atoms with Crippen LogP contribution in [0.25, 0.3) is 16.7 Å². The normalized spacial score (nSPS) is 12.1. The smallest absolute Gasteiger partial charge is 0.374 e. The predicted molar refractivity (Wildman–Crippen MR) is 102 cm³/mol. The van der Waals surface area contributed by atoms with Crippen LogP contribution in [0.1, 0.15) is 38.8 Å². The Morgan fingerprint density at radius 2 is 1.54 bits per heavy atom. The van der Waals surface area contributed by atoms with Crippen LogP contribution in [-0.4, -0.2) is 17.7 Å². The minimum absolute atomic E-state index is 0.0967. The fourth-order valence-corrected chi connectivity index (χ4v) is 2.55. The molecule has 134 valence electrons. The third kappa shape index (κ3) is 4.31. The lowest BCUT2D eigenvalue weighted by atomic mass is 9.86. The lowest BCUT2D eigenvalue weighted by molar-refractivity contribution is -0.141. The zero-order valence-electron chi connectivity index (χ0n) is 15.5. The summed E-state index contributed by atoms with van der Waals surface area (Å²) in [6, 6.07) is 17.3. The molecule has 0 spiro atoms. The van der Waals surface area contributed by atoms with E-state index in [-0.39, 0.29) is 17.6 Å². The van der Waals surface area contributed by atoms with Crippen molar-refractivity contribution in [3.05, 3.63) is 65.4 Å². The minimum atomic E-state index is -0.897. The molecule has 2 aromatic carbocycles. The molecule has 0 heterocycles. The van der Waals surface area contributed by atoms with Crippen LogP contribution in [0.2, 0.25) is 0 Å². The Labute approximate surface area is 154 Å². The van der Waals surface area contributed by atoms with Crippen molar-refractivity contribution in [2.75, 3.05) is 6.61 Å². The summed E-state index contributed by atoms with van der Waals surface area (Å²) in [6.07, 6.45) is 0. The van der Waals surface area contributed by atoms with Crippen molar-refractivity contribution in [2.45, 2.75) is 33.1 Å². The second kappa shape index (κ2) is 7.88. The standard InChI is InChI=1S/C22H23NO3/c1-5-26-21(25)20(24)19(14-23)17-8-6-15(7-9-17)16-10-12-18(13-11-16)22(2,3)4/h6-13,24H,5H2,1-4H3/b20-19+. The van der Waals surface area contributed by atoms with Crippen molar-refractivity contribution in [2.24, 2.45) is 0 Å². The van der Waals surface area contributed by atoms with Crippen molar-refractivity contribution < 1.29 is 14.6 Å². The summed E-state index contributed by atoms with van der Waals surface area (Å²) in [5.41, 5.74) is 3.77. The van der Waals surface area contributed by atoms with Crippen molar-refractivity contribution >= 4 is 11.5 Å². The first-order valence-electron chi connectivity index (χ1n) is 8.49. The first-order valence-corrected chi connectivity index (χ1v) is 8.49. The molecule has 2 rings (SSSR count). The SMILES string of the molecule is CCOC(=O)/C(O)=C(/C#N)c1ccc(-c2ccc(C(C)(C)C)cc2)cc1. The molecule has 4 nitrogen and oxygen atoms in total. The first-order chi connectivity index (χ1) is 12.3. The van der Waals surface area contributed by atoms with Crippen molar-refractivity contribution in [1.29, 1.82) is 5.26 Å². The first kappa shape index (κ1) is 19.3. The molecular formula is C22H23NO3. The maximum Gasteiger partial charge on any atom is 0.374 e. The van der Waals surface area contributed by atoms with Crippen LogP contribution in [-0.2, 0) is 14.9 Å². The van der Waals surface area contributed by atoms with Crippen LogP contribution in [0.5, 0.6) is 0 Å². The molecule has 0 unspecified atom stereocenters. The molecule has 0 aliphatic rings. The number of nitrogens with zero attached hydrogens (tertiary/aromatic N) is 1. The number of carbonyl (C=O) groups excluding carboxylic acids is 1. The van der Waals surface area contributed by atoms with Gasteiger partial charge in [0.1, 0.15) is 11.6 Å². The second-order valence-electron chi connectivity index (χ2n) is 6.96. The van der Waals surface area contributed by atoms with Crippen LogP contribution in [0.3, 0.4) is 0 Å². The van der Waals surface area contributed by atoms with Gasteiger partial charge in [0.15, 0.2) is 0 Å². The molecule has 0 bridgehead atoms. The summed E-state index contributed by atoms with van der Waals surface area (Å²) in [6.45, 7) is 8.27. The number of allylic oxidation sites excluding steroid dienone is 1. The Bertz CT molecular complexity index is 848. The summed E-state index contributed by atoms with van der Waals surface area (Å²) in [5.74, 6) is -1.57. The highest BCUT2D eigenvalue weighted by atomic mass is 16.5. The number of aliphatic hydroxyl groups excluding tert-OH is 1. The monoisotopic (exact) mass is 349 g/mol. The number of rotatable bonds is 4. The zero-order chi connectivity index (χ0) is 19.3. The van der Waals surface area contributed by atoms with Gasteiger partial charge in [-0.25, -0.2) is 4.79 Å². The lowest BCUT2D eigenvalue weighted by Crippen LogP contribution is -2.10. The number of benzene rings is 2. The summed E-state index contributed by atoms with van der Waals surface area (Å²) >= 11 is 0. The Hall–Kier alpha value is -3.06. The van der Waals surface area contributed by atoms with Gasteiger partial charge in [0.2, 0.25) is 5.76 Å². The molecular weight excluding hydrogens is 326 g/mol. The minimum Gasteiger partial charge on any atom is -0.501 e. The second-order valence-corrected chi connectivity index (χ2v) is 6.96.